The van der Waals surface area contributed by atoms with Gasteiger partial charge in [-0.3, -0.25) is 9.80 Å². The zero-order valence-electron chi connectivity index (χ0n) is 11.2. The number of fused-ring (bicyclic) bond motifs is 1. The summed E-state index contributed by atoms with van der Waals surface area (Å²) in [7, 11) is 0. The van der Waals surface area contributed by atoms with Crippen LogP contribution < -0.4 is 5.32 Å². The lowest BCUT2D eigenvalue weighted by atomic mass is 9.80. The Balaban J connectivity index is 1.54. The number of hydrogen-bond acceptors (Lipinski definition) is 3. The molecule has 0 bridgehead atoms. The molecule has 3 aliphatic rings. The molecule has 3 aliphatic heterocycles. The van der Waals surface area contributed by atoms with Gasteiger partial charge in [0.2, 0.25) is 0 Å². The predicted molar refractivity (Wildman–Crippen MR) is 71.2 cm³/mol. The Labute approximate surface area is 106 Å². The first-order valence-corrected chi connectivity index (χ1v) is 7.42. The second kappa shape index (κ2) is 4.87. The van der Waals surface area contributed by atoms with Crippen LogP contribution >= 0.6 is 0 Å². The number of hydrogen-bond donors (Lipinski definition) is 1. The third-order valence-corrected chi connectivity index (χ3v) is 5.09. The van der Waals surface area contributed by atoms with E-state index in [2.05, 4.69) is 22.0 Å². The third kappa shape index (κ3) is 2.67. The van der Waals surface area contributed by atoms with Gasteiger partial charge in [0, 0.05) is 32.2 Å². The fourth-order valence-electron chi connectivity index (χ4n) is 3.93. The minimum Gasteiger partial charge on any atom is -0.317 e. The molecule has 1 unspecified atom stereocenters. The van der Waals surface area contributed by atoms with Crippen molar-refractivity contribution in [2.75, 3.05) is 45.8 Å². The van der Waals surface area contributed by atoms with Crippen LogP contribution in [0.3, 0.4) is 0 Å². The normalized spacial score (nSPS) is 34.8. The second-order valence-electron chi connectivity index (χ2n) is 6.63. The van der Waals surface area contributed by atoms with Crippen molar-refractivity contribution in [3.8, 4) is 0 Å². The molecule has 3 heterocycles. The van der Waals surface area contributed by atoms with Crippen LogP contribution in [0, 0.1) is 5.41 Å². The van der Waals surface area contributed by atoms with E-state index in [1.165, 1.54) is 71.5 Å². The van der Waals surface area contributed by atoms with Crippen molar-refractivity contribution in [2.24, 2.45) is 5.41 Å². The molecule has 3 fully saturated rings. The molecule has 98 valence electrons. The number of rotatable bonds is 2. The third-order valence-electron chi connectivity index (χ3n) is 5.09. The van der Waals surface area contributed by atoms with Gasteiger partial charge < -0.3 is 5.32 Å². The van der Waals surface area contributed by atoms with Gasteiger partial charge in [-0.1, -0.05) is 6.92 Å². The van der Waals surface area contributed by atoms with Gasteiger partial charge in [0.05, 0.1) is 0 Å². The van der Waals surface area contributed by atoms with Crippen LogP contribution in [0.25, 0.3) is 0 Å². The van der Waals surface area contributed by atoms with E-state index in [1.807, 2.05) is 0 Å². The standard InChI is InChI=1S/C14H27N3/c1-14(4-6-15-7-5-14)12-16-9-10-17-8-2-3-13(17)11-16/h13,15H,2-12H2,1H3. The van der Waals surface area contributed by atoms with Crippen molar-refractivity contribution in [1.29, 1.82) is 0 Å². The van der Waals surface area contributed by atoms with Gasteiger partial charge in [-0.2, -0.15) is 0 Å². The zero-order chi connectivity index (χ0) is 11.7. The zero-order valence-corrected chi connectivity index (χ0v) is 11.2. The summed E-state index contributed by atoms with van der Waals surface area (Å²) in [5.41, 5.74) is 0.575. The summed E-state index contributed by atoms with van der Waals surface area (Å²) in [6, 6.07) is 0.883. The fourth-order valence-corrected chi connectivity index (χ4v) is 3.93. The number of piperazine rings is 1. The first-order chi connectivity index (χ1) is 8.25. The molecule has 0 amide bonds. The topological polar surface area (TPSA) is 18.5 Å². The van der Waals surface area contributed by atoms with Crippen LogP contribution in [0.2, 0.25) is 0 Å². The van der Waals surface area contributed by atoms with E-state index >= 15 is 0 Å². The van der Waals surface area contributed by atoms with Gasteiger partial charge >= 0.3 is 0 Å². The second-order valence-corrected chi connectivity index (χ2v) is 6.63. The molecular weight excluding hydrogens is 210 g/mol. The molecule has 0 spiro atoms. The molecule has 3 nitrogen and oxygen atoms in total. The predicted octanol–water partition coefficient (Wildman–Crippen LogP) is 1.16. The molecule has 0 aromatic carbocycles. The highest BCUT2D eigenvalue weighted by molar-refractivity contribution is 4.90. The minimum atomic E-state index is 0.575. The van der Waals surface area contributed by atoms with E-state index in [1.54, 1.807) is 0 Å². The van der Waals surface area contributed by atoms with Gasteiger partial charge in [0.15, 0.2) is 0 Å². The average molecular weight is 237 g/mol. The summed E-state index contributed by atoms with van der Waals surface area (Å²) < 4.78 is 0. The molecule has 0 aromatic heterocycles. The Morgan fingerprint density at radius 1 is 1.18 bits per heavy atom. The van der Waals surface area contributed by atoms with Crippen LogP contribution in [-0.2, 0) is 0 Å². The SMILES string of the molecule is CC1(CN2CCN3CCCC3C2)CCNCC1. The summed E-state index contributed by atoms with van der Waals surface area (Å²) in [5, 5.41) is 3.49. The molecule has 3 heteroatoms. The summed E-state index contributed by atoms with van der Waals surface area (Å²) in [4.78, 5) is 5.46. The van der Waals surface area contributed by atoms with Crippen molar-refractivity contribution in [2.45, 2.75) is 38.6 Å². The lowest BCUT2D eigenvalue weighted by Crippen LogP contribution is -2.53. The average Bonchev–Trinajstić information content (AvgIpc) is 2.76. The van der Waals surface area contributed by atoms with E-state index in [0.717, 1.165) is 6.04 Å². The molecule has 0 aromatic rings. The van der Waals surface area contributed by atoms with Gasteiger partial charge in [0.25, 0.3) is 0 Å². The van der Waals surface area contributed by atoms with Crippen LogP contribution in [0.15, 0.2) is 0 Å². The van der Waals surface area contributed by atoms with Crippen LogP contribution in [-0.4, -0.2) is 61.7 Å². The molecule has 0 saturated carbocycles. The summed E-state index contributed by atoms with van der Waals surface area (Å²) >= 11 is 0. The molecule has 1 N–H and O–H groups in total. The maximum Gasteiger partial charge on any atom is 0.0224 e. The van der Waals surface area contributed by atoms with E-state index in [9.17, 15) is 0 Å². The molecule has 17 heavy (non-hydrogen) atoms. The Hall–Kier alpha value is -0.120. The van der Waals surface area contributed by atoms with E-state index in [-0.39, 0.29) is 0 Å². The Kier molecular flexibility index (Phi) is 3.42. The Morgan fingerprint density at radius 2 is 2.00 bits per heavy atom. The van der Waals surface area contributed by atoms with Crippen molar-refractivity contribution in [3.05, 3.63) is 0 Å². The Bertz CT molecular complexity index is 260. The summed E-state index contributed by atoms with van der Waals surface area (Å²) in [6.07, 6.45) is 5.59. The van der Waals surface area contributed by atoms with Crippen LogP contribution in [0.4, 0.5) is 0 Å². The van der Waals surface area contributed by atoms with E-state index in [4.69, 9.17) is 0 Å². The lowest BCUT2D eigenvalue weighted by molar-refractivity contribution is 0.0579. The number of nitrogens with one attached hydrogen (secondary N) is 1. The van der Waals surface area contributed by atoms with Gasteiger partial charge in [-0.15, -0.1) is 0 Å². The van der Waals surface area contributed by atoms with Gasteiger partial charge in [0.1, 0.15) is 0 Å². The summed E-state index contributed by atoms with van der Waals surface area (Å²) in [6.45, 7) is 11.6. The Morgan fingerprint density at radius 3 is 2.82 bits per heavy atom. The van der Waals surface area contributed by atoms with Crippen molar-refractivity contribution >= 4 is 0 Å². The molecule has 0 aliphatic carbocycles. The first kappa shape index (κ1) is 11.9. The molecule has 3 saturated heterocycles. The van der Waals surface area contributed by atoms with Crippen LogP contribution in [0.1, 0.15) is 32.6 Å². The van der Waals surface area contributed by atoms with Gasteiger partial charge in [-0.05, 0) is 50.7 Å². The molecule has 0 radical (unpaired) electrons. The lowest BCUT2D eigenvalue weighted by Gasteiger charge is -2.43. The minimum absolute atomic E-state index is 0.575. The van der Waals surface area contributed by atoms with E-state index in [0.29, 0.717) is 5.41 Å². The monoisotopic (exact) mass is 237 g/mol. The van der Waals surface area contributed by atoms with Crippen molar-refractivity contribution in [1.82, 2.24) is 15.1 Å². The summed E-state index contributed by atoms with van der Waals surface area (Å²) in [5.74, 6) is 0. The smallest absolute Gasteiger partial charge is 0.0224 e. The highest BCUT2D eigenvalue weighted by Crippen LogP contribution is 2.31. The van der Waals surface area contributed by atoms with Crippen molar-refractivity contribution < 1.29 is 0 Å². The molecule has 3 rings (SSSR count). The maximum atomic E-state index is 3.49. The maximum absolute atomic E-state index is 3.49. The van der Waals surface area contributed by atoms with Gasteiger partial charge in [-0.25, -0.2) is 0 Å². The first-order valence-electron chi connectivity index (χ1n) is 7.42. The quantitative estimate of drug-likeness (QED) is 0.777. The molecular formula is C14H27N3. The van der Waals surface area contributed by atoms with E-state index < -0.39 is 0 Å². The number of piperidine rings is 1. The van der Waals surface area contributed by atoms with Crippen molar-refractivity contribution in [3.63, 3.8) is 0 Å². The highest BCUT2D eigenvalue weighted by atomic mass is 15.3. The van der Waals surface area contributed by atoms with Crippen LogP contribution in [0.5, 0.6) is 0 Å². The largest absolute Gasteiger partial charge is 0.317 e. The molecule has 1 atom stereocenters. The highest BCUT2D eigenvalue weighted by Gasteiger charge is 2.34. The fraction of sp³-hybridized carbons (Fsp3) is 1.00. The number of nitrogens with zero attached hydrogens (tertiary/aromatic N) is 2.